The van der Waals surface area contributed by atoms with Crippen molar-refractivity contribution in [1.82, 2.24) is 0 Å². The normalized spacial score (nSPS) is 29.6. The van der Waals surface area contributed by atoms with E-state index in [0.717, 1.165) is 24.8 Å². The molecule has 2 heteroatoms. The van der Waals surface area contributed by atoms with Crippen LogP contribution in [0.5, 0.6) is 0 Å². The van der Waals surface area contributed by atoms with Crippen LogP contribution in [-0.2, 0) is 5.41 Å². The molecule has 2 unspecified atom stereocenters. The van der Waals surface area contributed by atoms with E-state index in [1.165, 1.54) is 0 Å². The third kappa shape index (κ3) is 1.79. The molecule has 0 aliphatic heterocycles. The molecule has 0 amide bonds. The maximum absolute atomic E-state index is 14.1. The lowest BCUT2D eigenvalue weighted by Gasteiger charge is -2.46. The molecular weight excluding hydrogens is 213 g/mol. The number of hydrogen-bond donors (Lipinski definition) is 1. The average Bonchev–Trinajstić information content (AvgIpc) is 2.61. The molecule has 0 heterocycles. The van der Waals surface area contributed by atoms with Crippen molar-refractivity contribution in [2.45, 2.75) is 51.0 Å². The molecule has 0 bridgehead atoms. The summed E-state index contributed by atoms with van der Waals surface area (Å²) in [6.45, 7) is 6.26. The molecule has 1 aromatic carbocycles. The maximum Gasteiger partial charge on any atom is 0.127 e. The van der Waals surface area contributed by atoms with Gasteiger partial charge in [0.1, 0.15) is 5.82 Å². The predicted octanol–water partition coefficient (Wildman–Crippen LogP) is 3.62. The second-order valence-electron chi connectivity index (χ2n) is 5.97. The first-order chi connectivity index (χ1) is 7.89. The number of hydrogen-bond acceptors (Lipinski definition) is 1. The first-order valence-corrected chi connectivity index (χ1v) is 6.43. The van der Waals surface area contributed by atoms with E-state index in [4.69, 9.17) is 5.73 Å². The lowest BCUT2D eigenvalue weighted by atomic mass is 9.61. The van der Waals surface area contributed by atoms with Crippen LogP contribution in [0.1, 0.15) is 45.6 Å². The van der Waals surface area contributed by atoms with Gasteiger partial charge in [0.05, 0.1) is 0 Å². The second-order valence-corrected chi connectivity index (χ2v) is 5.97. The van der Waals surface area contributed by atoms with Crippen LogP contribution in [0.2, 0.25) is 0 Å². The summed E-state index contributed by atoms with van der Waals surface area (Å²) < 4.78 is 14.1. The van der Waals surface area contributed by atoms with Crippen molar-refractivity contribution in [3.63, 3.8) is 0 Å². The smallest absolute Gasteiger partial charge is 0.127 e. The standard InChI is InChI=1S/C15H22FN/c1-11-7-6-10-15(11,14(2,3)17)12-8-4-5-9-13(12)16/h4-5,8-9,11H,6-7,10,17H2,1-3H3. The summed E-state index contributed by atoms with van der Waals surface area (Å²) >= 11 is 0. The minimum absolute atomic E-state index is 0.111. The Morgan fingerprint density at radius 1 is 1.35 bits per heavy atom. The Bertz CT molecular complexity index is 408. The average molecular weight is 235 g/mol. The molecule has 1 nitrogen and oxygen atoms in total. The predicted molar refractivity (Wildman–Crippen MR) is 69.4 cm³/mol. The maximum atomic E-state index is 14.1. The summed E-state index contributed by atoms with van der Waals surface area (Å²) in [5.41, 5.74) is 6.58. The molecule has 1 aliphatic carbocycles. The van der Waals surface area contributed by atoms with Gasteiger partial charge in [0.25, 0.3) is 0 Å². The van der Waals surface area contributed by atoms with Crippen molar-refractivity contribution in [3.05, 3.63) is 35.6 Å². The van der Waals surface area contributed by atoms with Gasteiger partial charge in [0.2, 0.25) is 0 Å². The highest BCUT2D eigenvalue weighted by Crippen LogP contribution is 2.51. The molecule has 1 saturated carbocycles. The van der Waals surface area contributed by atoms with Gasteiger partial charge in [-0.05, 0) is 44.2 Å². The van der Waals surface area contributed by atoms with Gasteiger partial charge in [-0.2, -0.15) is 0 Å². The van der Waals surface area contributed by atoms with Crippen LogP contribution >= 0.6 is 0 Å². The second kappa shape index (κ2) is 4.09. The molecule has 1 fully saturated rings. The Hall–Kier alpha value is -0.890. The largest absolute Gasteiger partial charge is 0.325 e. The molecule has 2 rings (SSSR count). The first kappa shape index (κ1) is 12.6. The Kier molecular flexibility index (Phi) is 3.03. The Morgan fingerprint density at radius 2 is 2.00 bits per heavy atom. The van der Waals surface area contributed by atoms with Crippen molar-refractivity contribution in [1.29, 1.82) is 0 Å². The fraction of sp³-hybridized carbons (Fsp3) is 0.600. The van der Waals surface area contributed by atoms with Crippen LogP contribution in [0.3, 0.4) is 0 Å². The Morgan fingerprint density at radius 3 is 2.47 bits per heavy atom. The highest BCUT2D eigenvalue weighted by atomic mass is 19.1. The lowest BCUT2D eigenvalue weighted by Crippen LogP contribution is -2.56. The first-order valence-electron chi connectivity index (χ1n) is 6.43. The quantitative estimate of drug-likeness (QED) is 0.832. The van der Waals surface area contributed by atoms with Crippen LogP contribution in [0.25, 0.3) is 0 Å². The lowest BCUT2D eigenvalue weighted by molar-refractivity contribution is 0.195. The zero-order chi connectivity index (χ0) is 12.7. The summed E-state index contributed by atoms with van der Waals surface area (Å²) in [7, 11) is 0. The fourth-order valence-electron chi connectivity index (χ4n) is 3.71. The summed E-state index contributed by atoms with van der Waals surface area (Å²) in [5, 5.41) is 0. The summed E-state index contributed by atoms with van der Waals surface area (Å²) in [5.74, 6) is 0.319. The van der Waals surface area contributed by atoms with Crippen LogP contribution < -0.4 is 5.73 Å². The highest BCUT2D eigenvalue weighted by molar-refractivity contribution is 5.33. The molecule has 94 valence electrons. The summed E-state index contributed by atoms with van der Waals surface area (Å²) in [4.78, 5) is 0. The van der Waals surface area contributed by atoms with E-state index < -0.39 is 5.54 Å². The van der Waals surface area contributed by atoms with Crippen LogP contribution in [-0.4, -0.2) is 5.54 Å². The number of nitrogens with two attached hydrogens (primary N) is 1. The molecular formula is C15H22FN. The number of benzene rings is 1. The molecule has 0 spiro atoms. The third-order valence-electron chi connectivity index (χ3n) is 4.55. The zero-order valence-electron chi connectivity index (χ0n) is 11.0. The molecule has 1 aliphatic rings. The number of halogens is 1. The van der Waals surface area contributed by atoms with E-state index in [2.05, 4.69) is 6.92 Å². The van der Waals surface area contributed by atoms with Gasteiger partial charge in [-0.25, -0.2) is 4.39 Å². The van der Waals surface area contributed by atoms with E-state index in [0.29, 0.717) is 5.92 Å². The minimum Gasteiger partial charge on any atom is -0.325 e. The molecule has 0 saturated heterocycles. The van der Waals surface area contributed by atoms with Crippen molar-refractivity contribution in [3.8, 4) is 0 Å². The van der Waals surface area contributed by atoms with Gasteiger partial charge >= 0.3 is 0 Å². The summed E-state index contributed by atoms with van der Waals surface area (Å²) in [6, 6.07) is 7.12. The van der Waals surface area contributed by atoms with Gasteiger partial charge in [-0.3, -0.25) is 0 Å². The van der Waals surface area contributed by atoms with E-state index in [9.17, 15) is 4.39 Å². The van der Waals surface area contributed by atoms with Crippen molar-refractivity contribution in [2.75, 3.05) is 0 Å². The molecule has 17 heavy (non-hydrogen) atoms. The molecule has 1 aromatic rings. The van der Waals surface area contributed by atoms with Crippen molar-refractivity contribution in [2.24, 2.45) is 11.7 Å². The highest BCUT2D eigenvalue weighted by Gasteiger charge is 2.51. The molecule has 0 radical (unpaired) electrons. The van der Waals surface area contributed by atoms with Crippen LogP contribution in [0, 0.1) is 11.7 Å². The Labute approximate surface area is 103 Å². The van der Waals surface area contributed by atoms with E-state index in [1.807, 2.05) is 26.0 Å². The topological polar surface area (TPSA) is 26.0 Å². The van der Waals surface area contributed by atoms with Gasteiger partial charge < -0.3 is 5.73 Å². The number of rotatable bonds is 2. The Balaban J connectivity index is 2.60. The van der Waals surface area contributed by atoms with E-state index in [-0.39, 0.29) is 11.2 Å². The zero-order valence-corrected chi connectivity index (χ0v) is 11.0. The minimum atomic E-state index is -0.398. The van der Waals surface area contributed by atoms with Gasteiger partial charge in [-0.15, -0.1) is 0 Å². The molecule has 2 N–H and O–H groups in total. The van der Waals surface area contributed by atoms with Crippen molar-refractivity contribution >= 4 is 0 Å². The summed E-state index contributed by atoms with van der Waals surface area (Å²) in [6.07, 6.45) is 3.25. The monoisotopic (exact) mass is 235 g/mol. The molecule has 0 aromatic heterocycles. The molecule has 2 atom stereocenters. The van der Waals surface area contributed by atoms with Gasteiger partial charge in [0.15, 0.2) is 0 Å². The van der Waals surface area contributed by atoms with Crippen molar-refractivity contribution < 1.29 is 4.39 Å². The third-order valence-corrected chi connectivity index (χ3v) is 4.55. The fourth-order valence-corrected chi connectivity index (χ4v) is 3.71. The van der Waals surface area contributed by atoms with E-state index >= 15 is 0 Å². The van der Waals surface area contributed by atoms with Gasteiger partial charge in [0, 0.05) is 11.0 Å². The van der Waals surface area contributed by atoms with Crippen LogP contribution in [0.15, 0.2) is 24.3 Å². The van der Waals surface area contributed by atoms with Crippen LogP contribution in [0.4, 0.5) is 4.39 Å². The van der Waals surface area contributed by atoms with Gasteiger partial charge in [-0.1, -0.05) is 31.5 Å². The van der Waals surface area contributed by atoms with E-state index in [1.54, 1.807) is 12.1 Å². The SMILES string of the molecule is CC1CCCC1(c1ccccc1F)C(C)(C)N.